The van der Waals surface area contributed by atoms with Crippen LogP contribution in [0.25, 0.3) is 0 Å². The lowest BCUT2D eigenvalue weighted by Gasteiger charge is -2.25. The predicted molar refractivity (Wildman–Crippen MR) is 143 cm³/mol. The van der Waals surface area contributed by atoms with Crippen LogP contribution in [-0.4, -0.2) is 72.3 Å². The second-order valence-corrected chi connectivity index (χ2v) is 11.3. The van der Waals surface area contributed by atoms with Crippen molar-refractivity contribution in [1.82, 2.24) is 14.9 Å². The number of rotatable bonds is 13. The Labute approximate surface area is 227 Å². The van der Waals surface area contributed by atoms with Crippen LogP contribution in [0.3, 0.4) is 0 Å². The van der Waals surface area contributed by atoms with Crippen LogP contribution in [0.4, 0.5) is 0 Å². The number of ketones is 1. The van der Waals surface area contributed by atoms with Crippen LogP contribution in [0, 0.1) is 5.41 Å². The smallest absolute Gasteiger partial charge is 0.326 e. The van der Waals surface area contributed by atoms with Gasteiger partial charge in [0, 0.05) is 30.7 Å². The summed E-state index contributed by atoms with van der Waals surface area (Å²) in [6.07, 6.45) is 0.655. The Morgan fingerprint density at radius 2 is 1.82 bits per heavy atom. The average molecular weight is 557 g/mol. The fourth-order valence-electron chi connectivity index (χ4n) is 4.35. The first kappa shape index (κ1) is 29.7. The number of carboxylic acids is 1. The van der Waals surface area contributed by atoms with Gasteiger partial charge in [-0.1, -0.05) is 30.3 Å². The molecule has 1 aliphatic rings. The zero-order valence-corrected chi connectivity index (χ0v) is 22.4. The second kappa shape index (κ2) is 13.3. The van der Waals surface area contributed by atoms with Crippen LogP contribution < -0.4 is 10.6 Å². The summed E-state index contributed by atoms with van der Waals surface area (Å²) in [5.41, 5.74) is 1.57. The van der Waals surface area contributed by atoms with E-state index in [4.69, 9.17) is 5.41 Å². The van der Waals surface area contributed by atoms with Crippen LogP contribution in [-0.2, 0) is 30.8 Å². The van der Waals surface area contributed by atoms with Gasteiger partial charge in [-0.2, -0.15) is 4.31 Å². The molecule has 4 N–H and O–H groups in total. The van der Waals surface area contributed by atoms with Gasteiger partial charge in [0.15, 0.2) is 5.78 Å². The summed E-state index contributed by atoms with van der Waals surface area (Å²) >= 11 is 0. The summed E-state index contributed by atoms with van der Waals surface area (Å²) in [6.45, 7) is 1.47. The maximum atomic E-state index is 13.0. The molecule has 0 aromatic heterocycles. The summed E-state index contributed by atoms with van der Waals surface area (Å²) in [6, 6.07) is 11.9. The molecule has 1 aliphatic heterocycles. The van der Waals surface area contributed by atoms with Gasteiger partial charge in [0.1, 0.15) is 12.1 Å². The van der Waals surface area contributed by atoms with Crippen molar-refractivity contribution in [2.45, 2.75) is 56.0 Å². The third-order valence-electron chi connectivity index (χ3n) is 6.29. The molecule has 12 heteroatoms. The van der Waals surface area contributed by atoms with E-state index in [2.05, 4.69) is 10.6 Å². The first-order valence-electron chi connectivity index (χ1n) is 12.5. The van der Waals surface area contributed by atoms with Gasteiger partial charge in [-0.3, -0.25) is 14.4 Å². The molecule has 1 heterocycles. The summed E-state index contributed by atoms with van der Waals surface area (Å²) in [5, 5.41) is 22.1. The molecule has 11 nitrogen and oxygen atoms in total. The number of carbonyl (C=O) groups is 4. The fraction of sp³-hybridized carbons (Fsp3) is 0.370. The molecule has 1 saturated heterocycles. The zero-order valence-electron chi connectivity index (χ0n) is 21.6. The molecular weight excluding hydrogens is 524 g/mol. The van der Waals surface area contributed by atoms with E-state index in [1.807, 2.05) is 0 Å². The Bertz CT molecular complexity index is 1340. The van der Waals surface area contributed by atoms with Gasteiger partial charge < -0.3 is 21.1 Å². The third kappa shape index (κ3) is 8.04. The van der Waals surface area contributed by atoms with E-state index in [0.717, 1.165) is 9.87 Å². The van der Waals surface area contributed by atoms with E-state index >= 15 is 0 Å². The Morgan fingerprint density at radius 3 is 2.49 bits per heavy atom. The number of Topliss-reactive ketones (excluding diaryl/α,β-unsaturated/α-hetero) is 1. The maximum Gasteiger partial charge on any atom is 0.326 e. The molecule has 2 amide bonds. The Kier molecular flexibility index (Phi) is 10.1. The van der Waals surface area contributed by atoms with E-state index in [1.54, 1.807) is 49.4 Å². The molecule has 0 aliphatic carbocycles. The summed E-state index contributed by atoms with van der Waals surface area (Å²) < 4.78 is 27.1. The molecule has 0 spiro atoms. The number of nitrogens with one attached hydrogen (secondary N) is 3. The number of hydrogen-bond acceptors (Lipinski definition) is 7. The van der Waals surface area contributed by atoms with E-state index < -0.39 is 45.7 Å². The van der Waals surface area contributed by atoms with Crippen molar-refractivity contribution in [1.29, 1.82) is 5.41 Å². The zero-order chi connectivity index (χ0) is 28.6. The molecule has 0 unspecified atom stereocenters. The highest BCUT2D eigenvalue weighted by Gasteiger charge is 2.40. The Hall–Kier alpha value is -3.90. The number of carboxylic acid groups (broad SMARTS) is 1. The van der Waals surface area contributed by atoms with Crippen LogP contribution >= 0.6 is 0 Å². The van der Waals surface area contributed by atoms with E-state index in [1.165, 1.54) is 12.1 Å². The molecule has 39 heavy (non-hydrogen) atoms. The second-order valence-electron chi connectivity index (χ2n) is 9.40. The quantitative estimate of drug-likeness (QED) is 0.272. The standard InChI is InChI=1S/C27H32N4O7S/c1-18(28)15-19-7-5-8-20(16-19)25(33)29-17-21(32)12-13-23(27(35)36)30-26(34)24-11-6-14-31(24)39(37,38)22-9-3-2-4-10-22/h2-5,7-10,16,23-24,28H,6,11-15,17H2,1H3,(H,29,33)(H,30,34)(H,35,36)/t23-,24-/m0/s1. The van der Waals surface area contributed by atoms with Crippen molar-refractivity contribution in [2.75, 3.05) is 13.1 Å². The van der Waals surface area contributed by atoms with Crippen molar-refractivity contribution in [3.05, 3.63) is 65.7 Å². The highest BCUT2D eigenvalue weighted by atomic mass is 32.2. The topological polar surface area (TPSA) is 174 Å². The Morgan fingerprint density at radius 1 is 1.10 bits per heavy atom. The molecule has 0 radical (unpaired) electrons. The lowest BCUT2D eigenvalue weighted by Crippen LogP contribution is -2.51. The van der Waals surface area contributed by atoms with Crippen LogP contribution in [0.2, 0.25) is 0 Å². The van der Waals surface area contributed by atoms with Crippen molar-refractivity contribution >= 4 is 39.3 Å². The van der Waals surface area contributed by atoms with Crippen molar-refractivity contribution in [2.24, 2.45) is 0 Å². The summed E-state index contributed by atoms with van der Waals surface area (Å²) in [5.74, 6) is -2.99. The third-order valence-corrected chi connectivity index (χ3v) is 8.21. The van der Waals surface area contributed by atoms with Gasteiger partial charge in [-0.05, 0) is 56.0 Å². The van der Waals surface area contributed by atoms with Crippen molar-refractivity contribution < 1.29 is 32.7 Å². The number of carbonyl (C=O) groups excluding carboxylic acids is 3. The van der Waals surface area contributed by atoms with Gasteiger partial charge in [0.25, 0.3) is 5.91 Å². The van der Waals surface area contributed by atoms with Gasteiger partial charge >= 0.3 is 5.97 Å². The number of sulfonamides is 1. The van der Waals surface area contributed by atoms with Crippen molar-refractivity contribution in [3.8, 4) is 0 Å². The predicted octanol–water partition coefficient (Wildman–Crippen LogP) is 1.77. The number of benzene rings is 2. The Balaban J connectivity index is 1.54. The van der Waals surface area contributed by atoms with Crippen LogP contribution in [0.5, 0.6) is 0 Å². The maximum absolute atomic E-state index is 13.0. The van der Waals surface area contributed by atoms with E-state index in [9.17, 15) is 32.7 Å². The van der Waals surface area contributed by atoms with Crippen LogP contribution in [0.1, 0.15) is 48.5 Å². The molecular formula is C27H32N4O7S. The van der Waals surface area contributed by atoms with Crippen molar-refractivity contribution in [3.63, 3.8) is 0 Å². The monoisotopic (exact) mass is 556 g/mol. The molecule has 3 rings (SSSR count). The van der Waals surface area contributed by atoms with Gasteiger partial charge in [0.05, 0.1) is 11.4 Å². The molecule has 1 fully saturated rings. The van der Waals surface area contributed by atoms with E-state index in [0.29, 0.717) is 24.1 Å². The van der Waals surface area contributed by atoms with E-state index in [-0.39, 0.29) is 37.2 Å². The molecule has 2 atom stereocenters. The minimum atomic E-state index is -3.94. The fourth-order valence-corrected chi connectivity index (χ4v) is 6.02. The lowest BCUT2D eigenvalue weighted by molar-refractivity contribution is -0.142. The first-order valence-corrected chi connectivity index (χ1v) is 14.0. The lowest BCUT2D eigenvalue weighted by atomic mass is 10.1. The first-order chi connectivity index (χ1) is 18.5. The van der Waals surface area contributed by atoms with Gasteiger partial charge in [0.2, 0.25) is 15.9 Å². The largest absolute Gasteiger partial charge is 0.480 e. The van der Waals surface area contributed by atoms with Crippen LogP contribution in [0.15, 0.2) is 59.5 Å². The molecule has 2 aromatic rings. The summed E-state index contributed by atoms with van der Waals surface area (Å²) in [7, 11) is -3.94. The number of hydrogen-bond donors (Lipinski definition) is 4. The average Bonchev–Trinajstić information content (AvgIpc) is 3.41. The highest BCUT2D eigenvalue weighted by molar-refractivity contribution is 7.89. The van der Waals surface area contributed by atoms with Gasteiger partial charge in [-0.25, -0.2) is 13.2 Å². The number of nitrogens with zero attached hydrogens (tertiary/aromatic N) is 1. The number of amides is 2. The molecule has 208 valence electrons. The van der Waals surface area contributed by atoms with Gasteiger partial charge in [-0.15, -0.1) is 0 Å². The minimum Gasteiger partial charge on any atom is -0.480 e. The minimum absolute atomic E-state index is 0.0451. The highest BCUT2D eigenvalue weighted by Crippen LogP contribution is 2.26. The SMILES string of the molecule is CC(=N)Cc1cccc(C(=O)NCC(=O)CC[C@H](NC(=O)[C@@H]2CCCN2S(=O)(=O)c2ccccc2)C(=O)O)c1. The molecule has 0 saturated carbocycles. The normalized spacial score (nSPS) is 16.3. The summed E-state index contributed by atoms with van der Waals surface area (Å²) in [4.78, 5) is 49.5. The number of aliphatic carboxylic acids is 1. The molecule has 0 bridgehead atoms. The molecule has 2 aromatic carbocycles.